The molecule has 2 atom stereocenters. The number of hydrogen-bond acceptors (Lipinski definition) is 10. The van der Waals surface area contributed by atoms with Gasteiger partial charge in [-0.25, -0.2) is 0 Å². The first kappa shape index (κ1) is 37.4. The van der Waals surface area contributed by atoms with Gasteiger partial charge in [0.1, 0.15) is 0 Å². The molecule has 4 heterocycles. The summed E-state index contributed by atoms with van der Waals surface area (Å²) in [4.78, 5) is 39.8. The molecule has 0 aromatic heterocycles. The number of benzene rings is 2. The number of aliphatic hydroxyl groups is 1. The van der Waals surface area contributed by atoms with Crippen LogP contribution in [0.3, 0.4) is 0 Å². The summed E-state index contributed by atoms with van der Waals surface area (Å²) in [6, 6.07) is 6.72. The number of amides is 2. The minimum Gasteiger partial charge on any atom is -0.493 e. The van der Waals surface area contributed by atoms with Crippen molar-refractivity contribution in [2.24, 2.45) is 9.98 Å². The maximum Gasteiger partial charge on any atom is 0.257 e. The minimum absolute atomic E-state index is 0.0310. The largest absolute Gasteiger partial charge is 0.493 e. The van der Waals surface area contributed by atoms with Crippen LogP contribution in [0.15, 0.2) is 57.5 Å². The van der Waals surface area contributed by atoms with E-state index in [-0.39, 0.29) is 30.5 Å². The lowest BCUT2D eigenvalue weighted by molar-refractivity contribution is 0.0769. The molecule has 0 radical (unpaired) electrons. The Kier molecular flexibility index (Phi) is 11.9. The highest BCUT2D eigenvalue weighted by atomic mass is 31.2. The number of methoxy groups -OCH3 is 2. The van der Waals surface area contributed by atoms with Gasteiger partial charge in [-0.3, -0.25) is 19.6 Å². The van der Waals surface area contributed by atoms with Crippen molar-refractivity contribution in [1.29, 1.82) is 0 Å². The summed E-state index contributed by atoms with van der Waals surface area (Å²) in [5.41, 5.74) is 4.46. The highest BCUT2D eigenvalue weighted by molar-refractivity contribution is 7.63. The molecule has 52 heavy (non-hydrogen) atoms. The predicted octanol–water partition coefficient (Wildman–Crippen LogP) is 6.44. The van der Waals surface area contributed by atoms with Crippen LogP contribution in [-0.4, -0.2) is 117 Å². The van der Waals surface area contributed by atoms with Crippen LogP contribution in [0, 0.1) is 0 Å². The zero-order chi connectivity index (χ0) is 36.8. The van der Waals surface area contributed by atoms with Gasteiger partial charge in [-0.2, -0.15) is 0 Å². The molecule has 2 amide bonds. The molecule has 2 saturated heterocycles. The van der Waals surface area contributed by atoms with Crippen LogP contribution in [0.1, 0.15) is 66.7 Å². The molecule has 4 aliphatic rings. The molecule has 2 fully saturated rings. The highest BCUT2D eigenvalue weighted by Crippen LogP contribution is 2.48. The Bertz CT molecular complexity index is 1730. The fourth-order valence-electron chi connectivity index (χ4n) is 7.29. The van der Waals surface area contributed by atoms with Gasteiger partial charge in [0.2, 0.25) is 0 Å². The van der Waals surface area contributed by atoms with Crippen LogP contribution < -0.4 is 18.9 Å². The molecule has 2 aromatic rings. The average molecular weight is 733 g/mol. The number of rotatable bonds is 15. The molecule has 12 nitrogen and oxygen atoms in total. The summed E-state index contributed by atoms with van der Waals surface area (Å²) in [6.07, 6.45) is 12.2. The van der Waals surface area contributed by atoms with Gasteiger partial charge in [0.25, 0.3) is 11.8 Å². The second kappa shape index (κ2) is 16.5. The van der Waals surface area contributed by atoms with E-state index in [9.17, 15) is 19.3 Å². The Balaban J connectivity index is 1.05. The molecule has 1 N–H and O–H groups in total. The Morgan fingerprint density at radius 3 is 1.58 bits per heavy atom. The molecule has 0 unspecified atom stereocenters. The van der Waals surface area contributed by atoms with Gasteiger partial charge < -0.3 is 38.4 Å². The van der Waals surface area contributed by atoms with Crippen LogP contribution in [0.25, 0.3) is 0 Å². The Hall–Kier alpha value is -4.41. The topological polar surface area (TPSA) is 140 Å². The van der Waals surface area contributed by atoms with Crippen molar-refractivity contribution in [3.63, 3.8) is 0 Å². The standard InChI is InChI=1S/C39H49N4O8P/c1-5-26-16-28-22-40-32-20-36(34(48-3)18-30(32)38(45)42(28)24-26)50-11-8-14-52(47,13-7-10-44)15-9-12-51-37-21-33-31(19-35(37)49-4)39(46)43-25-27(6-2)17-29(43)23-41-33/h5-6,18-23,28-29,44H,7-17,24-25H2,1-4H3/b26-5+,27-6+/t28-,29-/m0/s1. The minimum atomic E-state index is -2.66. The number of aliphatic hydroxyl groups excluding tert-OH is 1. The monoisotopic (exact) mass is 732 g/mol. The molecule has 6 rings (SSSR count). The summed E-state index contributed by atoms with van der Waals surface area (Å²) < 4.78 is 37.5. The van der Waals surface area contributed by atoms with Gasteiger partial charge in [-0.15, -0.1) is 0 Å². The molecular weight excluding hydrogens is 683 g/mol. The third kappa shape index (κ3) is 7.98. The van der Waals surface area contributed by atoms with Crippen LogP contribution in [-0.2, 0) is 4.57 Å². The SMILES string of the molecule is C/C=C1\C[C@H]2C=Nc3cc(OCCCP(=O)(CCCO)CCCOc4cc5c(cc4OC)C(=O)N4C/C(=C/C)C[C@H]4C=N5)c(OC)cc3C(=O)N2C1. The number of aliphatic imine (C=N–C) groups is 2. The van der Waals surface area contributed by atoms with E-state index in [2.05, 4.69) is 22.1 Å². The Labute approximate surface area is 305 Å². The van der Waals surface area contributed by atoms with E-state index in [1.165, 1.54) is 25.4 Å². The van der Waals surface area contributed by atoms with E-state index in [0.717, 1.165) is 12.8 Å². The molecule has 4 aliphatic heterocycles. The number of carbonyl (C=O) groups excluding carboxylic acids is 2. The zero-order valence-corrected chi connectivity index (χ0v) is 31.4. The predicted molar refractivity (Wildman–Crippen MR) is 203 cm³/mol. The van der Waals surface area contributed by atoms with Gasteiger partial charge in [0, 0.05) is 62.7 Å². The number of fused-ring (bicyclic) bond motifs is 4. The van der Waals surface area contributed by atoms with Crippen molar-refractivity contribution in [1.82, 2.24) is 9.80 Å². The fraction of sp³-hybridized carbons (Fsp3) is 0.487. The Morgan fingerprint density at radius 2 is 1.17 bits per heavy atom. The lowest BCUT2D eigenvalue weighted by Gasteiger charge is -2.21. The smallest absolute Gasteiger partial charge is 0.257 e. The van der Waals surface area contributed by atoms with Gasteiger partial charge in [-0.05, 0) is 58.1 Å². The first-order valence-corrected chi connectivity index (χ1v) is 20.3. The van der Waals surface area contributed by atoms with E-state index in [1.807, 2.05) is 36.1 Å². The molecule has 0 aliphatic carbocycles. The number of allylic oxidation sites excluding steroid dienone is 2. The first-order valence-electron chi connectivity index (χ1n) is 18.1. The maximum absolute atomic E-state index is 14.1. The van der Waals surface area contributed by atoms with Crippen LogP contribution in [0.2, 0.25) is 0 Å². The van der Waals surface area contributed by atoms with Gasteiger partial charge in [0.05, 0.1) is 69.2 Å². The molecule has 0 spiro atoms. The lowest BCUT2D eigenvalue weighted by Crippen LogP contribution is -2.35. The second-order valence-corrected chi connectivity index (χ2v) is 17.1. The molecular formula is C39H49N4O8P. The number of carbonyl (C=O) groups is 2. The van der Waals surface area contributed by atoms with Crippen LogP contribution in [0.5, 0.6) is 23.0 Å². The maximum atomic E-state index is 14.1. The van der Waals surface area contributed by atoms with Crippen LogP contribution >= 0.6 is 7.14 Å². The van der Waals surface area contributed by atoms with E-state index >= 15 is 0 Å². The summed E-state index contributed by atoms with van der Waals surface area (Å²) in [5.74, 6) is 1.67. The normalized spacial score (nSPS) is 21.7. The zero-order valence-electron chi connectivity index (χ0n) is 30.5. The number of nitrogens with zero attached hydrogens (tertiary/aromatic N) is 4. The highest BCUT2D eigenvalue weighted by Gasteiger charge is 2.36. The first-order chi connectivity index (χ1) is 25.2. The lowest BCUT2D eigenvalue weighted by atomic mass is 10.1. The third-order valence-electron chi connectivity index (χ3n) is 10.3. The van der Waals surface area contributed by atoms with E-state index in [0.29, 0.717) is 110 Å². The summed E-state index contributed by atoms with van der Waals surface area (Å²) in [7, 11) is 0.419. The van der Waals surface area contributed by atoms with Crippen molar-refractivity contribution in [3.8, 4) is 23.0 Å². The average Bonchev–Trinajstić information content (AvgIpc) is 3.73. The summed E-state index contributed by atoms with van der Waals surface area (Å²) in [6.45, 7) is 5.72. The van der Waals surface area contributed by atoms with E-state index in [4.69, 9.17) is 18.9 Å². The van der Waals surface area contributed by atoms with Gasteiger partial charge >= 0.3 is 0 Å². The van der Waals surface area contributed by atoms with Crippen molar-refractivity contribution in [2.45, 2.75) is 58.0 Å². The second-order valence-electron chi connectivity index (χ2n) is 13.6. The molecule has 2 aromatic carbocycles. The molecule has 0 bridgehead atoms. The van der Waals surface area contributed by atoms with Gasteiger partial charge in [-0.1, -0.05) is 23.3 Å². The quantitative estimate of drug-likeness (QED) is 0.125. The summed E-state index contributed by atoms with van der Waals surface area (Å²) in [5, 5.41) is 9.53. The van der Waals surface area contributed by atoms with Crippen LogP contribution in [0.4, 0.5) is 11.4 Å². The van der Waals surface area contributed by atoms with E-state index in [1.54, 1.807) is 24.3 Å². The van der Waals surface area contributed by atoms with Gasteiger partial charge in [0.15, 0.2) is 23.0 Å². The van der Waals surface area contributed by atoms with Crippen molar-refractivity contribution < 1.29 is 38.2 Å². The van der Waals surface area contributed by atoms with Crippen molar-refractivity contribution in [2.75, 3.05) is 65.6 Å². The van der Waals surface area contributed by atoms with Crippen molar-refractivity contribution >= 4 is 42.8 Å². The fourth-order valence-corrected chi connectivity index (χ4v) is 10.1. The van der Waals surface area contributed by atoms with Crippen molar-refractivity contribution in [3.05, 3.63) is 58.7 Å². The number of hydrogen-bond donors (Lipinski definition) is 1. The third-order valence-corrected chi connectivity index (χ3v) is 13.7. The van der Waals surface area contributed by atoms with E-state index < -0.39 is 7.14 Å². The number of ether oxygens (including phenoxy) is 4. The molecule has 13 heteroatoms. The molecule has 0 saturated carbocycles. The summed E-state index contributed by atoms with van der Waals surface area (Å²) >= 11 is 0. The Morgan fingerprint density at radius 1 is 0.731 bits per heavy atom. The molecule has 278 valence electrons.